The van der Waals surface area contributed by atoms with Gasteiger partial charge < -0.3 is 9.80 Å². The number of hydrogen-bond donors (Lipinski definition) is 0. The van der Waals surface area contributed by atoms with E-state index in [1.807, 2.05) is 4.90 Å². The summed E-state index contributed by atoms with van der Waals surface area (Å²) < 4.78 is 40.0. The molecule has 2 atom stereocenters. The summed E-state index contributed by atoms with van der Waals surface area (Å²) in [5.41, 5.74) is 0. The molecule has 2 saturated carbocycles. The summed E-state index contributed by atoms with van der Waals surface area (Å²) in [6.07, 6.45) is 3.14. The van der Waals surface area contributed by atoms with Crippen LogP contribution in [0.4, 0.5) is 13.2 Å². The number of hydrogen-bond acceptors (Lipinski definition) is 2. The van der Waals surface area contributed by atoms with Crippen molar-refractivity contribution < 1.29 is 22.8 Å². The highest BCUT2D eigenvalue weighted by Gasteiger charge is 2.49. The topological polar surface area (TPSA) is 40.6 Å². The standard InChI is InChI=1S/C20H31F3N2O2/c21-20(22,23)17-9-4-3-8-16(17)19(27)25-11-5-10-24(12-13-25)18(26)14-15-6-1-2-7-15/h15-17H,1-14H2/t16-,17+/m0/s1. The molecule has 1 saturated heterocycles. The van der Waals surface area contributed by atoms with Gasteiger partial charge in [0.2, 0.25) is 11.8 Å². The number of carbonyl (C=O) groups is 2. The normalized spacial score (nSPS) is 28.3. The highest BCUT2D eigenvalue weighted by atomic mass is 19.4. The monoisotopic (exact) mass is 388 g/mol. The smallest absolute Gasteiger partial charge is 0.341 e. The third kappa shape index (κ3) is 5.17. The van der Waals surface area contributed by atoms with Crippen LogP contribution in [-0.2, 0) is 9.59 Å². The Morgan fingerprint density at radius 2 is 1.37 bits per heavy atom. The minimum absolute atomic E-state index is 0.0553. The molecule has 27 heavy (non-hydrogen) atoms. The van der Waals surface area contributed by atoms with Crippen LogP contribution in [0.15, 0.2) is 0 Å². The zero-order chi connectivity index (χ0) is 19.4. The SMILES string of the molecule is O=C(CC1CCCC1)N1CCCN(C(=O)[C@H]2CCCC[C@H]2C(F)(F)F)CC1. The average Bonchev–Trinajstić information content (AvgIpc) is 3.01. The van der Waals surface area contributed by atoms with Crippen LogP contribution in [0.2, 0.25) is 0 Å². The van der Waals surface area contributed by atoms with Crippen LogP contribution >= 0.6 is 0 Å². The van der Waals surface area contributed by atoms with Gasteiger partial charge in [0.15, 0.2) is 0 Å². The second kappa shape index (κ2) is 8.82. The molecule has 0 unspecified atom stereocenters. The Morgan fingerprint density at radius 1 is 0.778 bits per heavy atom. The Morgan fingerprint density at radius 3 is 2.07 bits per heavy atom. The summed E-state index contributed by atoms with van der Waals surface area (Å²) >= 11 is 0. The Balaban J connectivity index is 1.56. The van der Waals surface area contributed by atoms with E-state index in [4.69, 9.17) is 0 Å². The van der Waals surface area contributed by atoms with Gasteiger partial charge in [-0.2, -0.15) is 13.2 Å². The van der Waals surface area contributed by atoms with E-state index in [-0.39, 0.29) is 18.2 Å². The first-order valence-electron chi connectivity index (χ1n) is 10.5. The third-order valence-electron chi connectivity index (χ3n) is 6.60. The van der Waals surface area contributed by atoms with Crippen molar-refractivity contribution in [2.75, 3.05) is 26.2 Å². The fourth-order valence-electron chi connectivity index (χ4n) is 5.03. The zero-order valence-corrected chi connectivity index (χ0v) is 16.0. The van der Waals surface area contributed by atoms with Gasteiger partial charge in [-0.1, -0.05) is 25.7 Å². The van der Waals surface area contributed by atoms with Crippen LogP contribution < -0.4 is 0 Å². The van der Waals surface area contributed by atoms with E-state index in [1.165, 1.54) is 12.8 Å². The molecule has 0 aromatic heterocycles. The lowest BCUT2D eigenvalue weighted by molar-refractivity contribution is -0.200. The first-order chi connectivity index (χ1) is 12.9. The maximum absolute atomic E-state index is 13.3. The Hall–Kier alpha value is -1.27. The van der Waals surface area contributed by atoms with E-state index in [0.717, 1.165) is 12.8 Å². The van der Waals surface area contributed by atoms with E-state index in [1.54, 1.807) is 4.90 Å². The van der Waals surface area contributed by atoms with Gasteiger partial charge >= 0.3 is 6.18 Å². The quantitative estimate of drug-likeness (QED) is 0.733. The van der Waals surface area contributed by atoms with Gasteiger partial charge in [-0.25, -0.2) is 0 Å². The molecular weight excluding hydrogens is 357 g/mol. The van der Waals surface area contributed by atoms with Gasteiger partial charge in [0.1, 0.15) is 0 Å². The van der Waals surface area contributed by atoms with Crippen molar-refractivity contribution in [3.63, 3.8) is 0 Å². The van der Waals surface area contributed by atoms with Crippen LogP contribution in [0.5, 0.6) is 0 Å². The lowest BCUT2D eigenvalue weighted by atomic mass is 9.78. The number of carbonyl (C=O) groups excluding carboxylic acids is 2. The number of amides is 2. The maximum Gasteiger partial charge on any atom is 0.392 e. The molecule has 0 aromatic rings. The van der Waals surface area contributed by atoms with Crippen LogP contribution in [-0.4, -0.2) is 54.0 Å². The first kappa shape index (κ1) is 20.5. The number of nitrogens with zero attached hydrogens (tertiary/aromatic N) is 2. The summed E-state index contributed by atoms with van der Waals surface area (Å²) in [6, 6.07) is 0. The zero-order valence-electron chi connectivity index (χ0n) is 16.0. The number of rotatable bonds is 3. The van der Waals surface area contributed by atoms with Crippen molar-refractivity contribution >= 4 is 11.8 Å². The molecule has 3 rings (SSSR count). The molecule has 7 heteroatoms. The first-order valence-corrected chi connectivity index (χ1v) is 10.5. The van der Waals surface area contributed by atoms with Gasteiger partial charge in [-0.15, -0.1) is 0 Å². The Kier molecular flexibility index (Phi) is 6.69. The van der Waals surface area contributed by atoms with Crippen molar-refractivity contribution in [3.8, 4) is 0 Å². The predicted molar refractivity (Wildman–Crippen MR) is 95.9 cm³/mol. The molecule has 0 N–H and O–H groups in total. The van der Waals surface area contributed by atoms with Crippen molar-refractivity contribution in [3.05, 3.63) is 0 Å². The van der Waals surface area contributed by atoms with E-state index < -0.39 is 18.0 Å². The summed E-state index contributed by atoms with van der Waals surface area (Å²) in [5, 5.41) is 0. The van der Waals surface area contributed by atoms with Crippen molar-refractivity contribution in [1.82, 2.24) is 9.80 Å². The van der Waals surface area contributed by atoms with Gasteiger partial charge in [0, 0.05) is 38.5 Å². The molecule has 3 aliphatic rings. The average molecular weight is 388 g/mol. The van der Waals surface area contributed by atoms with E-state index in [2.05, 4.69) is 0 Å². The Labute approximate surface area is 159 Å². The lowest BCUT2D eigenvalue weighted by Crippen LogP contribution is -2.46. The van der Waals surface area contributed by atoms with Crippen molar-refractivity contribution in [1.29, 1.82) is 0 Å². The molecule has 154 valence electrons. The van der Waals surface area contributed by atoms with Gasteiger partial charge in [-0.3, -0.25) is 9.59 Å². The fraction of sp³-hybridized carbons (Fsp3) is 0.900. The lowest BCUT2D eigenvalue weighted by Gasteiger charge is -2.35. The fourth-order valence-corrected chi connectivity index (χ4v) is 5.03. The van der Waals surface area contributed by atoms with E-state index >= 15 is 0 Å². The molecule has 1 aliphatic heterocycles. The van der Waals surface area contributed by atoms with Gasteiger partial charge in [0.05, 0.1) is 5.92 Å². The van der Waals surface area contributed by atoms with Crippen molar-refractivity contribution in [2.45, 2.75) is 70.4 Å². The third-order valence-corrected chi connectivity index (χ3v) is 6.60. The van der Waals surface area contributed by atoms with Crippen molar-refractivity contribution in [2.24, 2.45) is 17.8 Å². The van der Waals surface area contributed by atoms with Gasteiger partial charge in [-0.05, 0) is 38.0 Å². The van der Waals surface area contributed by atoms with Crippen LogP contribution in [0.25, 0.3) is 0 Å². The molecule has 0 aromatic carbocycles. The van der Waals surface area contributed by atoms with E-state index in [0.29, 0.717) is 64.2 Å². The second-order valence-corrected chi connectivity index (χ2v) is 8.45. The van der Waals surface area contributed by atoms with Crippen LogP contribution in [0, 0.1) is 17.8 Å². The second-order valence-electron chi connectivity index (χ2n) is 8.45. The molecular formula is C20H31F3N2O2. The number of halogens is 3. The maximum atomic E-state index is 13.3. The minimum Gasteiger partial charge on any atom is -0.341 e. The molecule has 0 radical (unpaired) electrons. The molecule has 3 fully saturated rings. The summed E-state index contributed by atoms with van der Waals surface area (Å²) in [6.45, 7) is 1.85. The summed E-state index contributed by atoms with van der Waals surface area (Å²) in [4.78, 5) is 28.8. The van der Waals surface area contributed by atoms with Gasteiger partial charge in [0.25, 0.3) is 0 Å². The molecule has 4 nitrogen and oxygen atoms in total. The van der Waals surface area contributed by atoms with Crippen LogP contribution in [0.1, 0.15) is 64.2 Å². The largest absolute Gasteiger partial charge is 0.392 e. The molecule has 1 heterocycles. The molecule has 2 amide bonds. The van der Waals surface area contributed by atoms with E-state index in [9.17, 15) is 22.8 Å². The highest BCUT2D eigenvalue weighted by molar-refractivity contribution is 5.80. The summed E-state index contributed by atoms with van der Waals surface area (Å²) in [5.74, 6) is -2.20. The molecule has 2 aliphatic carbocycles. The van der Waals surface area contributed by atoms with Crippen LogP contribution in [0.3, 0.4) is 0 Å². The highest BCUT2D eigenvalue weighted by Crippen LogP contribution is 2.42. The number of alkyl halides is 3. The molecule has 0 spiro atoms. The minimum atomic E-state index is -4.31. The summed E-state index contributed by atoms with van der Waals surface area (Å²) in [7, 11) is 0. The Bertz CT molecular complexity index is 532. The predicted octanol–water partition coefficient (Wildman–Crippen LogP) is 4.00. The molecule has 0 bridgehead atoms.